The molecule has 0 aromatic carbocycles. The van der Waals surface area contributed by atoms with Gasteiger partial charge in [-0.2, -0.15) is 0 Å². The van der Waals surface area contributed by atoms with Crippen LogP contribution >= 0.6 is 0 Å². The Hall–Kier alpha value is -0.570. The van der Waals surface area contributed by atoms with Crippen LogP contribution in [0.15, 0.2) is 0 Å². The Morgan fingerprint density at radius 3 is 2.59 bits per heavy atom. The highest BCUT2D eigenvalue weighted by molar-refractivity contribution is 5.82. The molecular weight excluding hydrogens is 212 g/mol. The minimum Gasteiger partial charge on any atom is -0.353 e. The Balaban J connectivity index is 1.84. The average molecular weight is 238 g/mol. The predicted molar refractivity (Wildman–Crippen MR) is 69.8 cm³/mol. The maximum Gasteiger partial charge on any atom is 0.226 e. The Morgan fingerprint density at radius 2 is 2.06 bits per heavy atom. The van der Waals surface area contributed by atoms with Gasteiger partial charge in [-0.25, -0.2) is 0 Å². The predicted octanol–water partition coefficient (Wildman–Crippen LogP) is 2.07. The van der Waals surface area contributed by atoms with Crippen LogP contribution in [0.4, 0.5) is 0 Å². The fourth-order valence-electron chi connectivity index (χ4n) is 2.65. The van der Waals surface area contributed by atoms with Gasteiger partial charge in [0.2, 0.25) is 5.91 Å². The molecule has 0 aromatic rings. The van der Waals surface area contributed by atoms with Crippen molar-refractivity contribution in [1.29, 1.82) is 0 Å². The van der Waals surface area contributed by atoms with Crippen LogP contribution in [0.25, 0.3) is 0 Å². The van der Waals surface area contributed by atoms with Crippen molar-refractivity contribution >= 4 is 5.91 Å². The number of carbonyl (C=O) groups is 1. The van der Waals surface area contributed by atoms with E-state index >= 15 is 0 Å². The van der Waals surface area contributed by atoms with E-state index < -0.39 is 0 Å². The number of hydrogen-bond donors (Lipinski definition) is 2. The highest BCUT2D eigenvalue weighted by Crippen LogP contribution is 2.34. The standard InChI is InChI=1S/C14H26N2O/c1-3-12(10-11-4-5-11)16-13(17)14(2)6-8-15-9-7-14/h11-12,15H,3-10H2,1-2H3,(H,16,17). The van der Waals surface area contributed by atoms with Crippen LogP contribution in [-0.4, -0.2) is 25.0 Å². The molecule has 1 heterocycles. The molecule has 1 saturated carbocycles. The average Bonchev–Trinajstić information content (AvgIpc) is 3.13. The van der Waals surface area contributed by atoms with Gasteiger partial charge in [-0.15, -0.1) is 0 Å². The SMILES string of the molecule is CCC(CC1CC1)NC(=O)C1(C)CCNCC1. The molecular formula is C14H26N2O. The lowest BCUT2D eigenvalue weighted by Crippen LogP contribution is -2.48. The summed E-state index contributed by atoms with van der Waals surface area (Å²) in [6, 6.07) is 0.404. The third-order valence-corrected chi connectivity index (χ3v) is 4.40. The second kappa shape index (κ2) is 5.38. The van der Waals surface area contributed by atoms with E-state index in [4.69, 9.17) is 0 Å². The first-order valence-electron chi connectivity index (χ1n) is 7.16. The van der Waals surface area contributed by atoms with Crippen LogP contribution in [0.5, 0.6) is 0 Å². The number of amides is 1. The molecule has 0 spiro atoms. The van der Waals surface area contributed by atoms with Crippen molar-refractivity contribution in [2.45, 2.75) is 58.4 Å². The number of rotatable bonds is 5. The van der Waals surface area contributed by atoms with Crippen molar-refractivity contribution in [1.82, 2.24) is 10.6 Å². The summed E-state index contributed by atoms with van der Waals surface area (Å²) in [6.45, 7) is 6.25. The Kier molecular flexibility index (Phi) is 4.08. The first-order chi connectivity index (χ1) is 8.14. The van der Waals surface area contributed by atoms with Gasteiger partial charge in [0, 0.05) is 11.5 Å². The molecule has 2 aliphatic rings. The number of piperidine rings is 1. The van der Waals surface area contributed by atoms with Gasteiger partial charge >= 0.3 is 0 Å². The van der Waals surface area contributed by atoms with E-state index in [1.165, 1.54) is 19.3 Å². The third kappa shape index (κ3) is 3.44. The van der Waals surface area contributed by atoms with Crippen LogP contribution in [0.1, 0.15) is 52.4 Å². The minimum absolute atomic E-state index is 0.137. The molecule has 0 bridgehead atoms. The van der Waals surface area contributed by atoms with Gasteiger partial charge in [0.15, 0.2) is 0 Å². The van der Waals surface area contributed by atoms with Crippen molar-refractivity contribution in [2.24, 2.45) is 11.3 Å². The molecule has 1 saturated heterocycles. The molecule has 2 fully saturated rings. The second-order valence-corrected chi connectivity index (χ2v) is 6.07. The summed E-state index contributed by atoms with van der Waals surface area (Å²) in [6.07, 6.45) is 6.94. The van der Waals surface area contributed by atoms with Crippen LogP contribution < -0.4 is 10.6 Å². The molecule has 3 heteroatoms. The molecule has 1 aliphatic carbocycles. The van der Waals surface area contributed by atoms with Crippen LogP contribution in [0.2, 0.25) is 0 Å². The van der Waals surface area contributed by atoms with Crippen molar-refractivity contribution < 1.29 is 4.79 Å². The Labute approximate surface area is 105 Å². The molecule has 0 radical (unpaired) electrons. The Morgan fingerprint density at radius 1 is 1.41 bits per heavy atom. The highest BCUT2D eigenvalue weighted by atomic mass is 16.2. The fraction of sp³-hybridized carbons (Fsp3) is 0.929. The van der Waals surface area contributed by atoms with Crippen molar-refractivity contribution in [3.05, 3.63) is 0 Å². The number of hydrogen-bond acceptors (Lipinski definition) is 2. The van der Waals surface area contributed by atoms with E-state index in [0.717, 1.165) is 38.3 Å². The quantitative estimate of drug-likeness (QED) is 0.770. The largest absolute Gasteiger partial charge is 0.353 e. The summed E-state index contributed by atoms with van der Waals surface area (Å²) in [7, 11) is 0. The molecule has 0 aromatic heterocycles. The summed E-state index contributed by atoms with van der Waals surface area (Å²) < 4.78 is 0. The van der Waals surface area contributed by atoms with Crippen molar-refractivity contribution in [2.75, 3.05) is 13.1 Å². The van der Waals surface area contributed by atoms with Crippen LogP contribution in [-0.2, 0) is 4.79 Å². The zero-order chi connectivity index (χ0) is 12.3. The highest BCUT2D eigenvalue weighted by Gasteiger charge is 2.36. The topological polar surface area (TPSA) is 41.1 Å². The summed E-state index contributed by atoms with van der Waals surface area (Å²) >= 11 is 0. The van der Waals surface area contributed by atoms with E-state index in [9.17, 15) is 4.79 Å². The molecule has 17 heavy (non-hydrogen) atoms. The molecule has 3 nitrogen and oxygen atoms in total. The second-order valence-electron chi connectivity index (χ2n) is 6.07. The number of nitrogens with one attached hydrogen (secondary N) is 2. The first-order valence-corrected chi connectivity index (χ1v) is 7.16. The lowest BCUT2D eigenvalue weighted by atomic mass is 9.80. The number of carbonyl (C=O) groups excluding carboxylic acids is 1. The van der Waals surface area contributed by atoms with E-state index in [2.05, 4.69) is 24.5 Å². The lowest BCUT2D eigenvalue weighted by Gasteiger charge is -2.34. The molecule has 2 N–H and O–H groups in total. The maximum absolute atomic E-state index is 12.4. The Bertz CT molecular complexity index is 267. The smallest absolute Gasteiger partial charge is 0.226 e. The zero-order valence-corrected chi connectivity index (χ0v) is 11.2. The van der Waals surface area contributed by atoms with E-state index in [1.54, 1.807) is 0 Å². The molecule has 1 amide bonds. The van der Waals surface area contributed by atoms with Gasteiger partial charge in [-0.1, -0.05) is 26.7 Å². The third-order valence-electron chi connectivity index (χ3n) is 4.40. The fourth-order valence-corrected chi connectivity index (χ4v) is 2.65. The van der Waals surface area contributed by atoms with Gasteiger partial charge in [0.25, 0.3) is 0 Å². The van der Waals surface area contributed by atoms with Crippen LogP contribution in [0, 0.1) is 11.3 Å². The summed E-state index contributed by atoms with van der Waals surface area (Å²) in [5.74, 6) is 1.17. The molecule has 1 atom stereocenters. The van der Waals surface area contributed by atoms with Gasteiger partial charge < -0.3 is 10.6 Å². The van der Waals surface area contributed by atoms with Crippen LogP contribution in [0.3, 0.4) is 0 Å². The summed E-state index contributed by atoms with van der Waals surface area (Å²) in [5, 5.41) is 6.61. The maximum atomic E-state index is 12.4. The summed E-state index contributed by atoms with van der Waals surface area (Å²) in [5.41, 5.74) is -0.137. The van der Waals surface area contributed by atoms with Crippen molar-refractivity contribution in [3.8, 4) is 0 Å². The van der Waals surface area contributed by atoms with Gasteiger partial charge in [-0.05, 0) is 44.7 Å². The van der Waals surface area contributed by atoms with E-state index in [-0.39, 0.29) is 11.3 Å². The summed E-state index contributed by atoms with van der Waals surface area (Å²) in [4.78, 5) is 12.4. The van der Waals surface area contributed by atoms with Gasteiger partial charge in [0.1, 0.15) is 0 Å². The monoisotopic (exact) mass is 238 g/mol. The van der Waals surface area contributed by atoms with E-state index in [1.807, 2.05) is 0 Å². The molecule has 1 unspecified atom stereocenters. The minimum atomic E-state index is -0.137. The molecule has 1 aliphatic heterocycles. The van der Waals surface area contributed by atoms with Gasteiger partial charge in [0.05, 0.1) is 0 Å². The van der Waals surface area contributed by atoms with E-state index in [0.29, 0.717) is 6.04 Å². The lowest BCUT2D eigenvalue weighted by molar-refractivity contribution is -0.132. The van der Waals surface area contributed by atoms with Gasteiger partial charge in [-0.3, -0.25) is 4.79 Å². The van der Waals surface area contributed by atoms with Crippen molar-refractivity contribution in [3.63, 3.8) is 0 Å². The first kappa shape index (κ1) is 12.9. The molecule has 98 valence electrons. The zero-order valence-electron chi connectivity index (χ0n) is 11.2. The normalized spacial score (nSPS) is 25.3. The molecule has 2 rings (SSSR count).